The summed E-state index contributed by atoms with van der Waals surface area (Å²) in [5.41, 5.74) is 4.94. The van der Waals surface area contributed by atoms with E-state index in [9.17, 15) is 14.0 Å². The molecule has 0 aliphatic rings. The number of benzene rings is 1. The van der Waals surface area contributed by atoms with E-state index in [0.29, 0.717) is 13.1 Å². The molecular weight excluding hydrogens is 281 g/mol. The molecule has 0 saturated carbocycles. The number of amides is 1. The van der Waals surface area contributed by atoms with Gasteiger partial charge >= 0.3 is 5.97 Å². The third-order valence-electron chi connectivity index (χ3n) is 2.59. The number of halogens is 1. The Morgan fingerprint density at radius 1 is 1.43 bits per heavy atom. The normalized spacial score (nSPS) is 10.4. The number of carboxylic acid groups (broad SMARTS) is 1. The Morgan fingerprint density at radius 2 is 2.19 bits per heavy atom. The highest BCUT2D eigenvalue weighted by Gasteiger charge is 2.16. The van der Waals surface area contributed by atoms with Crippen LogP contribution in [-0.4, -0.2) is 38.5 Å². The Morgan fingerprint density at radius 3 is 2.86 bits per heavy atom. The molecule has 0 aliphatic carbocycles. The van der Waals surface area contributed by atoms with E-state index in [-0.39, 0.29) is 16.9 Å². The fourth-order valence-electron chi connectivity index (χ4n) is 1.64. The number of rotatable bonds is 5. The number of carbonyl (C=O) groups is 2. The summed E-state index contributed by atoms with van der Waals surface area (Å²) in [5, 5.41) is 18.6. The predicted octanol–water partition coefficient (Wildman–Crippen LogP) is 0.326. The molecule has 21 heavy (non-hydrogen) atoms. The molecule has 0 aliphatic heterocycles. The summed E-state index contributed by atoms with van der Waals surface area (Å²) in [4.78, 5) is 23.0. The van der Waals surface area contributed by atoms with Crippen LogP contribution in [0.1, 0.15) is 20.8 Å². The van der Waals surface area contributed by atoms with Gasteiger partial charge < -0.3 is 16.2 Å². The largest absolute Gasteiger partial charge is 0.478 e. The Bertz CT molecular complexity index is 685. The molecule has 8 nitrogen and oxygen atoms in total. The number of hydrogen-bond acceptors (Lipinski definition) is 5. The Balaban J connectivity index is 2.22. The molecule has 110 valence electrons. The molecule has 0 unspecified atom stereocenters. The van der Waals surface area contributed by atoms with Gasteiger partial charge in [-0.15, -0.1) is 5.10 Å². The zero-order valence-corrected chi connectivity index (χ0v) is 10.8. The Kier molecular flexibility index (Phi) is 4.24. The third kappa shape index (κ3) is 3.39. The second-order valence-electron chi connectivity index (χ2n) is 4.10. The summed E-state index contributed by atoms with van der Waals surface area (Å²) in [7, 11) is 0. The van der Waals surface area contributed by atoms with Crippen LogP contribution in [0.3, 0.4) is 0 Å². The van der Waals surface area contributed by atoms with Gasteiger partial charge in [0.05, 0.1) is 24.0 Å². The number of aromatic nitrogens is 3. The number of hydrogen-bond donors (Lipinski definition) is 3. The van der Waals surface area contributed by atoms with Gasteiger partial charge in [-0.3, -0.25) is 9.48 Å². The highest BCUT2D eigenvalue weighted by atomic mass is 19.1. The van der Waals surface area contributed by atoms with Crippen LogP contribution in [0.2, 0.25) is 0 Å². The van der Waals surface area contributed by atoms with Crippen LogP contribution >= 0.6 is 0 Å². The molecule has 2 aromatic rings. The first kappa shape index (κ1) is 14.6. The lowest BCUT2D eigenvalue weighted by atomic mass is 10.1. The highest BCUT2D eigenvalue weighted by molar-refractivity contribution is 6.06. The fraction of sp³-hybridized carbons (Fsp3) is 0.167. The van der Waals surface area contributed by atoms with Crippen LogP contribution < -0.4 is 11.1 Å². The number of nitrogens with two attached hydrogens (primary N) is 1. The average Bonchev–Trinajstić information content (AvgIpc) is 2.87. The molecule has 1 amide bonds. The van der Waals surface area contributed by atoms with Crippen LogP contribution in [0.15, 0.2) is 24.4 Å². The lowest BCUT2D eigenvalue weighted by Crippen LogP contribution is -2.15. The van der Waals surface area contributed by atoms with Crippen LogP contribution in [0.4, 0.5) is 10.1 Å². The molecule has 0 fully saturated rings. The van der Waals surface area contributed by atoms with Gasteiger partial charge in [0.1, 0.15) is 5.82 Å². The number of anilines is 1. The van der Waals surface area contributed by atoms with Gasteiger partial charge in [-0.1, -0.05) is 5.21 Å². The zero-order valence-electron chi connectivity index (χ0n) is 10.8. The van der Waals surface area contributed by atoms with Crippen LogP contribution in [-0.2, 0) is 6.54 Å². The van der Waals surface area contributed by atoms with Crippen molar-refractivity contribution < 1.29 is 19.1 Å². The fourth-order valence-corrected chi connectivity index (χ4v) is 1.64. The van der Waals surface area contributed by atoms with Crippen molar-refractivity contribution >= 4 is 17.6 Å². The van der Waals surface area contributed by atoms with Crippen LogP contribution in [0, 0.1) is 5.82 Å². The number of aromatic carboxylic acids is 1. The van der Waals surface area contributed by atoms with Crippen molar-refractivity contribution in [1.29, 1.82) is 0 Å². The summed E-state index contributed by atoms with van der Waals surface area (Å²) >= 11 is 0. The minimum atomic E-state index is -1.28. The Hall–Kier alpha value is -2.81. The molecule has 1 heterocycles. The SMILES string of the molecule is NCCn1cc(C(=O)Nc2cc(F)ccc2C(=O)O)nn1. The zero-order chi connectivity index (χ0) is 15.4. The average molecular weight is 293 g/mol. The van der Waals surface area contributed by atoms with Gasteiger partial charge in [-0.2, -0.15) is 0 Å². The van der Waals surface area contributed by atoms with E-state index in [1.807, 2.05) is 0 Å². The van der Waals surface area contributed by atoms with E-state index in [1.165, 1.54) is 10.9 Å². The first-order valence-electron chi connectivity index (χ1n) is 5.95. The van der Waals surface area contributed by atoms with E-state index in [0.717, 1.165) is 18.2 Å². The molecule has 0 spiro atoms. The third-order valence-corrected chi connectivity index (χ3v) is 2.59. The number of carboxylic acids is 1. The maximum atomic E-state index is 13.2. The van der Waals surface area contributed by atoms with Gasteiger partial charge in [-0.25, -0.2) is 9.18 Å². The summed E-state index contributed by atoms with van der Waals surface area (Å²) in [5.74, 6) is -2.63. The molecule has 0 saturated heterocycles. The molecule has 0 bridgehead atoms. The minimum Gasteiger partial charge on any atom is -0.478 e. The molecule has 9 heteroatoms. The van der Waals surface area contributed by atoms with E-state index in [1.54, 1.807) is 0 Å². The van der Waals surface area contributed by atoms with Crippen molar-refractivity contribution in [2.45, 2.75) is 6.54 Å². The van der Waals surface area contributed by atoms with Crippen molar-refractivity contribution in [2.24, 2.45) is 5.73 Å². The standard InChI is InChI=1S/C12H12FN5O3/c13-7-1-2-8(12(20)21)9(5-7)15-11(19)10-6-18(4-3-14)17-16-10/h1-2,5-6H,3-4,14H2,(H,15,19)(H,20,21). The monoisotopic (exact) mass is 293 g/mol. The van der Waals surface area contributed by atoms with E-state index < -0.39 is 17.7 Å². The van der Waals surface area contributed by atoms with Gasteiger partial charge in [0.15, 0.2) is 5.69 Å². The second kappa shape index (κ2) is 6.09. The number of carbonyl (C=O) groups excluding carboxylic acids is 1. The molecule has 4 N–H and O–H groups in total. The molecule has 0 atom stereocenters. The van der Waals surface area contributed by atoms with Crippen LogP contribution in [0.5, 0.6) is 0 Å². The number of nitrogens with zero attached hydrogens (tertiary/aromatic N) is 3. The lowest BCUT2D eigenvalue weighted by Gasteiger charge is -2.06. The maximum absolute atomic E-state index is 13.2. The lowest BCUT2D eigenvalue weighted by molar-refractivity contribution is 0.0698. The van der Waals surface area contributed by atoms with Gasteiger partial charge in [0.25, 0.3) is 5.91 Å². The minimum absolute atomic E-state index is 0.0240. The Labute approximate surface area is 118 Å². The van der Waals surface area contributed by atoms with E-state index in [2.05, 4.69) is 15.6 Å². The molecular formula is C12H12FN5O3. The van der Waals surface area contributed by atoms with Gasteiger partial charge in [0.2, 0.25) is 0 Å². The molecule has 1 aromatic heterocycles. The van der Waals surface area contributed by atoms with Crippen molar-refractivity contribution in [3.05, 3.63) is 41.5 Å². The molecule has 2 rings (SSSR count). The van der Waals surface area contributed by atoms with Gasteiger partial charge in [-0.05, 0) is 18.2 Å². The quantitative estimate of drug-likeness (QED) is 0.729. The maximum Gasteiger partial charge on any atom is 0.337 e. The van der Waals surface area contributed by atoms with E-state index in [4.69, 9.17) is 10.8 Å². The summed E-state index contributed by atoms with van der Waals surface area (Å²) in [6.07, 6.45) is 1.36. The van der Waals surface area contributed by atoms with Crippen LogP contribution in [0.25, 0.3) is 0 Å². The smallest absolute Gasteiger partial charge is 0.337 e. The summed E-state index contributed by atoms with van der Waals surface area (Å²) < 4.78 is 14.6. The second-order valence-corrected chi connectivity index (χ2v) is 4.10. The van der Waals surface area contributed by atoms with Crippen molar-refractivity contribution in [3.8, 4) is 0 Å². The molecule has 1 aromatic carbocycles. The van der Waals surface area contributed by atoms with E-state index >= 15 is 0 Å². The first-order chi connectivity index (χ1) is 10.0. The van der Waals surface area contributed by atoms with Gasteiger partial charge in [0, 0.05) is 6.54 Å². The van der Waals surface area contributed by atoms with Crippen molar-refractivity contribution in [2.75, 3.05) is 11.9 Å². The summed E-state index contributed by atoms with van der Waals surface area (Å²) in [6.45, 7) is 0.720. The highest BCUT2D eigenvalue weighted by Crippen LogP contribution is 2.18. The summed E-state index contributed by atoms with van der Waals surface area (Å²) in [6, 6.07) is 2.99. The topological polar surface area (TPSA) is 123 Å². The predicted molar refractivity (Wildman–Crippen MR) is 70.4 cm³/mol. The van der Waals surface area contributed by atoms with Crippen molar-refractivity contribution in [3.63, 3.8) is 0 Å². The molecule has 0 radical (unpaired) electrons. The number of nitrogens with one attached hydrogen (secondary N) is 1. The first-order valence-corrected chi connectivity index (χ1v) is 5.95. The van der Waals surface area contributed by atoms with Crippen molar-refractivity contribution in [1.82, 2.24) is 15.0 Å².